The molecule has 0 radical (unpaired) electrons. The van der Waals surface area contributed by atoms with Crippen LogP contribution in [-0.2, 0) is 19.2 Å². The number of nitrogens with zero attached hydrogens (tertiary/aromatic N) is 8. The van der Waals surface area contributed by atoms with Crippen LogP contribution in [0, 0.1) is 43.8 Å². The fourth-order valence-corrected chi connectivity index (χ4v) is 4.69. The highest BCUT2D eigenvalue weighted by atomic mass is 16.5. The Morgan fingerprint density at radius 1 is 0.625 bits per heavy atom. The molecule has 0 aliphatic heterocycles. The van der Waals surface area contributed by atoms with E-state index in [-0.39, 0.29) is 67.9 Å². The summed E-state index contributed by atoms with van der Waals surface area (Å²) in [6.07, 6.45) is 8.25. The Bertz CT molecular complexity index is 2280. The maximum atomic E-state index is 14.3. The molecule has 0 bridgehead atoms. The van der Waals surface area contributed by atoms with E-state index in [1.807, 2.05) is 0 Å². The molecule has 4 rings (SSSR count). The van der Waals surface area contributed by atoms with Crippen molar-refractivity contribution in [2.75, 3.05) is 0 Å². The molecule has 0 saturated carbocycles. The quantitative estimate of drug-likeness (QED) is 0.155. The lowest BCUT2D eigenvalue weighted by atomic mass is 10.0. The lowest BCUT2D eigenvalue weighted by Crippen LogP contribution is -2.39. The largest absolute Gasteiger partial charge is 0.494 e. The molecular weight excluding hydrogens is 628 g/mol. The molecule has 0 aliphatic rings. The Morgan fingerprint density at radius 2 is 1.04 bits per heavy atom. The molecule has 48 heavy (non-hydrogen) atoms. The van der Waals surface area contributed by atoms with Gasteiger partial charge in [-0.3, -0.25) is 4.79 Å². The van der Waals surface area contributed by atoms with Gasteiger partial charge in [-0.05, 0) is 56.7 Å². The standard InChI is InChI=1S/C31H16N8O9/c1-16-23(35-13-41)6-20(7-24(16)36-14-42)38-29(44)28(19-4-22(34-12-40)17(2)26(5-19)47-10-32)30(45)39(31(38)46)21-8-25(37-15-43)18(3)27(9-21)48-11-33/h4-9,45H,1-3H3. The molecule has 0 saturated heterocycles. The topological polar surface area (TPSA) is 248 Å². The van der Waals surface area contributed by atoms with Crippen LogP contribution in [0.25, 0.3) is 22.5 Å². The second-order valence-corrected chi connectivity index (χ2v) is 9.47. The molecule has 0 amide bonds. The van der Waals surface area contributed by atoms with Gasteiger partial charge in [-0.1, -0.05) is 0 Å². The van der Waals surface area contributed by atoms with Gasteiger partial charge in [-0.2, -0.15) is 20.0 Å². The first-order valence-electron chi connectivity index (χ1n) is 13.1. The van der Waals surface area contributed by atoms with Crippen LogP contribution in [-0.4, -0.2) is 38.6 Å². The summed E-state index contributed by atoms with van der Waals surface area (Å²) in [4.78, 5) is 87.5. The fourth-order valence-electron chi connectivity index (χ4n) is 4.69. The molecule has 0 aliphatic carbocycles. The van der Waals surface area contributed by atoms with Crippen LogP contribution in [0.3, 0.4) is 0 Å². The van der Waals surface area contributed by atoms with Crippen molar-refractivity contribution < 1.29 is 33.8 Å². The van der Waals surface area contributed by atoms with Gasteiger partial charge in [-0.15, -0.1) is 10.5 Å². The number of rotatable bonds is 9. The van der Waals surface area contributed by atoms with E-state index in [9.17, 15) is 44.4 Å². The first-order valence-corrected chi connectivity index (χ1v) is 13.1. The highest BCUT2D eigenvalue weighted by Crippen LogP contribution is 2.39. The summed E-state index contributed by atoms with van der Waals surface area (Å²) in [6.45, 7) is 4.33. The molecule has 0 unspecified atom stereocenters. The van der Waals surface area contributed by atoms with Crippen molar-refractivity contribution in [3.8, 4) is 52.4 Å². The number of nitriles is 2. The van der Waals surface area contributed by atoms with Crippen LogP contribution in [0.1, 0.15) is 16.7 Å². The lowest BCUT2D eigenvalue weighted by Gasteiger charge is -2.18. The van der Waals surface area contributed by atoms with Gasteiger partial charge in [0.1, 0.15) is 17.1 Å². The van der Waals surface area contributed by atoms with E-state index < -0.39 is 22.7 Å². The van der Waals surface area contributed by atoms with Crippen LogP contribution < -0.4 is 20.7 Å². The van der Waals surface area contributed by atoms with Crippen molar-refractivity contribution in [2.24, 2.45) is 20.0 Å². The normalized spacial score (nSPS) is 9.77. The third kappa shape index (κ3) is 5.97. The van der Waals surface area contributed by atoms with Gasteiger partial charge in [0.25, 0.3) is 18.1 Å². The summed E-state index contributed by atoms with van der Waals surface area (Å²) < 4.78 is 11.1. The van der Waals surface area contributed by atoms with Crippen LogP contribution >= 0.6 is 0 Å². The predicted octanol–water partition coefficient (Wildman–Crippen LogP) is 3.88. The van der Waals surface area contributed by atoms with Gasteiger partial charge >= 0.3 is 5.69 Å². The number of isocyanates is 4. The molecule has 4 aromatic rings. The molecule has 1 N–H and O–H groups in total. The van der Waals surface area contributed by atoms with E-state index >= 15 is 0 Å². The molecule has 17 nitrogen and oxygen atoms in total. The first-order chi connectivity index (χ1) is 23.1. The van der Waals surface area contributed by atoms with Gasteiger partial charge in [0, 0.05) is 22.8 Å². The highest BCUT2D eigenvalue weighted by molar-refractivity contribution is 5.77. The molecule has 234 valence electrons. The fraction of sp³-hybridized carbons (Fsp3) is 0.0968. The third-order valence-corrected chi connectivity index (χ3v) is 7.00. The Morgan fingerprint density at radius 3 is 1.50 bits per heavy atom. The monoisotopic (exact) mass is 644 g/mol. The van der Waals surface area contributed by atoms with Crippen molar-refractivity contribution in [1.29, 1.82) is 10.5 Å². The maximum Gasteiger partial charge on any atom is 0.343 e. The van der Waals surface area contributed by atoms with Crippen LogP contribution in [0.5, 0.6) is 17.4 Å². The van der Waals surface area contributed by atoms with Gasteiger partial charge in [0.2, 0.25) is 30.2 Å². The third-order valence-electron chi connectivity index (χ3n) is 7.00. The van der Waals surface area contributed by atoms with Gasteiger partial charge in [-0.25, -0.2) is 33.1 Å². The smallest absolute Gasteiger partial charge is 0.343 e. The number of hydrogen-bond donors (Lipinski definition) is 1. The van der Waals surface area contributed by atoms with Gasteiger partial charge < -0.3 is 14.6 Å². The number of ether oxygens (including phenoxy) is 2. The molecule has 1 heterocycles. The van der Waals surface area contributed by atoms with Crippen LogP contribution in [0.15, 0.2) is 66.0 Å². The van der Waals surface area contributed by atoms with E-state index in [1.165, 1.54) is 63.7 Å². The zero-order valence-electron chi connectivity index (χ0n) is 24.8. The summed E-state index contributed by atoms with van der Waals surface area (Å²) in [7, 11) is 0. The Labute approximate surface area is 267 Å². The number of aliphatic imine (C=N–C) groups is 4. The molecule has 3 aromatic carbocycles. The summed E-state index contributed by atoms with van der Waals surface area (Å²) >= 11 is 0. The molecular formula is C31H16N8O9. The minimum atomic E-state index is -1.27. The van der Waals surface area contributed by atoms with Gasteiger partial charge in [0.05, 0.1) is 34.1 Å². The minimum Gasteiger partial charge on any atom is -0.494 e. The average Bonchev–Trinajstić information content (AvgIpc) is 3.04. The Kier molecular flexibility index (Phi) is 9.60. The minimum absolute atomic E-state index is 0.126. The van der Waals surface area contributed by atoms with E-state index in [1.54, 1.807) is 0 Å². The Balaban J connectivity index is 2.32. The molecule has 0 fully saturated rings. The SMILES string of the molecule is Cc1c(N=C=O)cc(-n2c(=O)c(-c3cc(N=C=O)c(C)c(OC#N)c3)c(O)n(-c3cc(N=C=O)c(C)c(OC#N)c3)c2=O)cc1N=C=O. The summed E-state index contributed by atoms with van der Waals surface area (Å²) in [5.74, 6) is -1.40. The molecule has 0 spiro atoms. The van der Waals surface area contributed by atoms with E-state index in [0.29, 0.717) is 9.13 Å². The zero-order valence-corrected chi connectivity index (χ0v) is 24.8. The first kappa shape index (κ1) is 33.1. The van der Waals surface area contributed by atoms with Crippen LogP contribution in [0.2, 0.25) is 0 Å². The van der Waals surface area contributed by atoms with Crippen LogP contribution in [0.4, 0.5) is 22.7 Å². The van der Waals surface area contributed by atoms with E-state index in [0.717, 1.165) is 30.3 Å². The van der Waals surface area contributed by atoms with E-state index in [2.05, 4.69) is 20.0 Å². The molecule has 0 atom stereocenters. The van der Waals surface area contributed by atoms with Crippen molar-refractivity contribution >= 4 is 47.1 Å². The molecule has 1 aromatic heterocycles. The lowest BCUT2D eigenvalue weighted by molar-refractivity contribution is 0.430. The molecule has 17 heteroatoms. The summed E-state index contributed by atoms with van der Waals surface area (Å²) in [5.41, 5.74) is -3.96. The van der Waals surface area contributed by atoms with Crippen molar-refractivity contribution in [3.05, 3.63) is 73.9 Å². The van der Waals surface area contributed by atoms with Gasteiger partial charge in [0.15, 0.2) is 0 Å². The van der Waals surface area contributed by atoms with E-state index in [4.69, 9.17) is 9.47 Å². The second-order valence-electron chi connectivity index (χ2n) is 9.47. The number of aromatic hydroxyl groups is 1. The number of hydrogen-bond acceptors (Lipinski definition) is 15. The second kappa shape index (κ2) is 13.9. The van der Waals surface area contributed by atoms with Crippen molar-refractivity contribution in [2.45, 2.75) is 20.8 Å². The average molecular weight is 645 g/mol. The number of benzene rings is 3. The predicted molar refractivity (Wildman–Crippen MR) is 163 cm³/mol. The highest BCUT2D eigenvalue weighted by Gasteiger charge is 2.26. The summed E-state index contributed by atoms with van der Waals surface area (Å²) in [5, 5.41) is 30.0. The number of carbonyl (C=O) groups excluding carboxylic acids is 4. The zero-order chi connectivity index (χ0) is 35.1. The summed E-state index contributed by atoms with van der Waals surface area (Å²) in [6, 6.07) is 6.84. The van der Waals surface area contributed by atoms with Crippen molar-refractivity contribution in [1.82, 2.24) is 9.13 Å². The number of aromatic nitrogens is 2. The Hall–Kier alpha value is -7.76. The van der Waals surface area contributed by atoms with Crippen molar-refractivity contribution in [3.63, 3.8) is 0 Å². The maximum absolute atomic E-state index is 14.3.